The number of aryl methyl sites for hydroxylation is 1. The van der Waals surface area contributed by atoms with Gasteiger partial charge in [0, 0.05) is 6.20 Å². The van der Waals surface area contributed by atoms with Crippen LogP contribution in [-0.2, 0) is 16.6 Å². The summed E-state index contributed by atoms with van der Waals surface area (Å²) in [5, 5.41) is 0. The van der Waals surface area contributed by atoms with E-state index in [1.807, 2.05) is 37.3 Å². The van der Waals surface area contributed by atoms with Crippen LogP contribution in [0.25, 0.3) is 0 Å². The second-order valence-electron chi connectivity index (χ2n) is 4.02. The third kappa shape index (κ3) is 2.44. The molecule has 3 nitrogen and oxygen atoms in total. The van der Waals surface area contributed by atoms with Crippen LogP contribution in [0.2, 0.25) is 0 Å². The molecule has 4 heteroatoms. The fourth-order valence-electron chi connectivity index (χ4n) is 1.64. The Kier molecular flexibility index (Phi) is 3.01. The number of allylic oxidation sites excluding steroid dienone is 1. The van der Waals surface area contributed by atoms with Crippen LogP contribution in [-0.4, -0.2) is 18.5 Å². The van der Waals surface area contributed by atoms with Gasteiger partial charge >= 0.3 is 0 Å². The number of hydrogen-bond donors (Lipinski definition) is 0. The summed E-state index contributed by atoms with van der Waals surface area (Å²) in [6.07, 6.45) is 4.18. The summed E-state index contributed by atoms with van der Waals surface area (Å²) in [5.74, 6) is 0.218. The lowest BCUT2D eigenvalue weighted by atomic mass is 10.1. The molecule has 0 saturated heterocycles. The second kappa shape index (κ2) is 4.29. The maximum atomic E-state index is 11.7. The Labute approximate surface area is 96.4 Å². The smallest absolute Gasteiger partial charge is 0.235 e. The minimum Gasteiger partial charge on any atom is -0.273 e. The van der Waals surface area contributed by atoms with Crippen LogP contribution in [0.3, 0.4) is 0 Å². The number of rotatable bonds is 2. The van der Waals surface area contributed by atoms with Gasteiger partial charge in [-0.15, -0.1) is 0 Å². The Morgan fingerprint density at radius 2 is 1.94 bits per heavy atom. The van der Waals surface area contributed by atoms with Crippen LogP contribution in [0.1, 0.15) is 17.5 Å². The van der Waals surface area contributed by atoms with E-state index in [4.69, 9.17) is 0 Å². The molecular weight excluding hydrogens is 222 g/mol. The maximum absolute atomic E-state index is 11.7. The molecule has 0 aliphatic carbocycles. The molecule has 0 amide bonds. The molecule has 86 valence electrons. The first-order chi connectivity index (χ1) is 7.58. The Hall–Kier alpha value is -1.29. The Morgan fingerprint density at radius 1 is 1.25 bits per heavy atom. The van der Waals surface area contributed by atoms with Crippen molar-refractivity contribution in [2.24, 2.45) is 0 Å². The molecule has 1 aromatic carbocycles. The first-order valence-electron chi connectivity index (χ1n) is 5.30. The summed E-state index contributed by atoms with van der Waals surface area (Å²) in [6.45, 7) is 2.44. The van der Waals surface area contributed by atoms with Crippen LogP contribution < -0.4 is 0 Å². The van der Waals surface area contributed by atoms with Gasteiger partial charge in [0.1, 0.15) is 0 Å². The lowest BCUT2D eigenvalue weighted by Gasteiger charge is -2.23. The molecule has 0 spiro atoms. The predicted octanol–water partition coefficient (Wildman–Crippen LogP) is 2.04. The zero-order valence-corrected chi connectivity index (χ0v) is 10.1. The Balaban J connectivity index is 2.18. The molecule has 0 radical (unpaired) electrons. The molecule has 0 N–H and O–H groups in total. The SMILES string of the molecule is Cc1ccc(CN2C=CCCS2(=O)=O)cc1. The number of sulfonamides is 1. The third-order valence-electron chi connectivity index (χ3n) is 2.63. The second-order valence-corrected chi connectivity index (χ2v) is 6.06. The van der Waals surface area contributed by atoms with Gasteiger partial charge in [0.05, 0.1) is 12.3 Å². The standard InChI is InChI=1S/C12H15NO2S/c1-11-4-6-12(7-5-11)10-13-8-2-3-9-16(13,14)15/h2,4-8H,3,9-10H2,1H3. The molecule has 16 heavy (non-hydrogen) atoms. The summed E-state index contributed by atoms with van der Waals surface area (Å²) in [6, 6.07) is 7.92. The number of benzene rings is 1. The van der Waals surface area contributed by atoms with E-state index >= 15 is 0 Å². The van der Waals surface area contributed by atoms with Crippen molar-refractivity contribution in [1.82, 2.24) is 4.31 Å². The molecule has 2 rings (SSSR count). The normalized spacial score (nSPS) is 18.7. The molecule has 1 aliphatic heterocycles. The third-order valence-corrected chi connectivity index (χ3v) is 4.35. The minimum absolute atomic E-state index is 0.218. The van der Waals surface area contributed by atoms with Crippen molar-refractivity contribution in [3.8, 4) is 0 Å². The van der Waals surface area contributed by atoms with Crippen molar-refractivity contribution in [3.05, 3.63) is 47.7 Å². The van der Waals surface area contributed by atoms with Crippen molar-refractivity contribution in [2.75, 3.05) is 5.75 Å². The Bertz CT molecular complexity index is 488. The van der Waals surface area contributed by atoms with Crippen LogP contribution >= 0.6 is 0 Å². The summed E-state index contributed by atoms with van der Waals surface area (Å²) in [7, 11) is -3.09. The van der Waals surface area contributed by atoms with Gasteiger partial charge in [0.25, 0.3) is 0 Å². The van der Waals surface area contributed by atoms with Crippen LogP contribution in [0.15, 0.2) is 36.5 Å². The molecule has 0 saturated carbocycles. The van der Waals surface area contributed by atoms with E-state index in [1.165, 1.54) is 9.87 Å². The zero-order valence-electron chi connectivity index (χ0n) is 9.26. The van der Waals surface area contributed by atoms with Gasteiger partial charge in [0.15, 0.2) is 0 Å². The molecule has 0 unspecified atom stereocenters. The highest BCUT2D eigenvalue weighted by atomic mass is 32.2. The lowest BCUT2D eigenvalue weighted by Crippen LogP contribution is -2.30. The van der Waals surface area contributed by atoms with Gasteiger partial charge in [-0.05, 0) is 18.9 Å². The summed E-state index contributed by atoms with van der Waals surface area (Å²) >= 11 is 0. The zero-order chi connectivity index (χ0) is 11.6. The van der Waals surface area contributed by atoms with Gasteiger partial charge < -0.3 is 0 Å². The van der Waals surface area contributed by atoms with E-state index in [1.54, 1.807) is 6.20 Å². The van der Waals surface area contributed by atoms with E-state index in [2.05, 4.69) is 0 Å². The van der Waals surface area contributed by atoms with E-state index in [9.17, 15) is 8.42 Å². The number of nitrogens with zero attached hydrogens (tertiary/aromatic N) is 1. The van der Waals surface area contributed by atoms with E-state index < -0.39 is 10.0 Å². The monoisotopic (exact) mass is 237 g/mol. The summed E-state index contributed by atoms with van der Waals surface area (Å²) in [4.78, 5) is 0. The van der Waals surface area contributed by atoms with Crippen LogP contribution in [0, 0.1) is 6.92 Å². The molecular formula is C12H15NO2S. The predicted molar refractivity (Wildman–Crippen MR) is 64.3 cm³/mol. The van der Waals surface area contributed by atoms with E-state index in [0.29, 0.717) is 13.0 Å². The van der Waals surface area contributed by atoms with Gasteiger partial charge in [0.2, 0.25) is 10.0 Å². The van der Waals surface area contributed by atoms with Crippen molar-refractivity contribution in [1.29, 1.82) is 0 Å². The van der Waals surface area contributed by atoms with Crippen molar-refractivity contribution in [3.63, 3.8) is 0 Å². The molecule has 0 aromatic heterocycles. The van der Waals surface area contributed by atoms with Crippen molar-refractivity contribution < 1.29 is 8.42 Å². The van der Waals surface area contributed by atoms with Gasteiger partial charge in [-0.1, -0.05) is 35.9 Å². The topological polar surface area (TPSA) is 37.4 Å². The van der Waals surface area contributed by atoms with Gasteiger partial charge in [-0.3, -0.25) is 4.31 Å². The highest BCUT2D eigenvalue weighted by Gasteiger charge is 2.20. The Morgan fingerprint density at radius 3 is 2.56 bits per heavy atom. The first-order valence-corrected chi connectivity index (χ1v) is 6.90. The van der Waals surface area contributed by atoms with E-state index in [0.717, 1.165) is 5.56 Å². The summed E-state index contributed by atoms with van der Waals surface area (Å²) < 4.78 is 24.9. The van der Waals surface area contributed by atoms with Crippen LogP contribution in [0.5, 0.6) is 0 Å². The first kappa shape index (κ1) is 11.2. The molecule has 0 atom stereocenters. The highest BCUT2D eigenvalue weighted by Crippen LogP contribution is 2.15. The summed E-state index contributed by atoms with van der Waals surface area (Å²) in [5.41, 5.74) is 2.20. The van der Waals surface area contributed by atoms with Gasteiger partial charge in [-0.2, -0.15) is 0 Å². The minimum atomic E-state index is -3.09. The molecule has 0 fully saturated rings. The van der Waals surface area contributed by atoms with Crippen molar-refractivity contribution >= 4 is 10.0 Å². The maximum Gasteiger partial charge on any atom is 0.235 e. The quantitative estimate of drug-likeness (QED) is 0.789. The average molecular weight is 237 g/mol. The largest absolute Gasteiger partial charge is 0.273 e. The van der Waals surface area contributed by atoms with Gasteiger partial charge in [-0.25, -0.2) is 8.42 Å². The highest BCUT2D eigenvalue weighted by molar-refractivity contribution is 7.89. The molecule has 0 bridgehead atoms. The fourth-order valence-corrected chi connectivity index (χ4v) is 2.93. The number of hydrogen-bond acceptors (Lipinski definition) is 2. The molecule has 1 aliphatic rings. The molecule has 1 heterocycles. The van der Waals surface area contributed by atoms with E-state index in [-0.39, 0.29) is 5.75 Å². The van der Waals surface area contributed by atoms with Crippen LogP contribution in [0.4, 0.5) is 0 Å². The van der Waals surface area contributed by atoms with Crippen molar-refractivity contribution in [2.45, 2.75) is 19.9 Å². The average Bonchev–Trinajstić information content (AvgIpc) is 2.24. The fraction of sp³-hybridized carbons (Fsp3) is 0.333. The molecule has 1 aromatic rings. The lowest BCUT2D eigenvalue weighted by molar-refractivity contribution is 0.488.